The maximum absolute atomic E-state index is 12.3. The Morgan fingerprint density at radius 3 is 2.85 bits per heavy atom. The van der Waals surface area contributed by atoms with Crippen LogP contribution in [-0.4, -0.2) is 35.0 Å². The molecule has 2 aliphatic rings. The van der Waals surface area contributed by atoms with Gasteiger partial charge >= 0.3 is 0 Å². The number of carbonyl (C=O) groups is 2. The molecule has 1 aromatic carbocycles. The topological polar surface area (TPSA) is 114 Å². The van der Waals surface area contributed by atoms with Crippen LogP contribution in [0.1, 0.15) is 44.0 Å². The average molecular weight is 369 g/mol. The van der Waals surface area contributed by atoms with E-state index in [2.05, 4.69) is 15.5 Å². The van der Waals surface area contributed by atoms with Gasteiger partial charge in [-0.2, -0.15) is 4.98 Å². The van der Waals surface area contributed by atoms with E-state index >= 15 is 0 Å². The number of anilines is 1. The summed E-state index contributed by atoms with van der Waals surface area (Å²) in [7, 11) is 0. The van der Waals surface area contributed by atoms with Gasteiger partial charge in [-0.15, -0.1) is 0 Å². The second kappa shape index (κ2) is 6.77. The molecule has 0 spiro atoms. The second-order valence-corrected chi connectivity index (χ2v) is 7.33. The van der Waals surface area contributed by atoms with E-state index < -0.39 is 5.54 Å². The summed E-state index contributed by atoms with van der Waals surface area (Å²) < 4.78 is 5.46. The van der Waals surface area contributed by atoms with Crippen molar-refractivity contribution in [3.8, 4) is 11.5 Å². The highest BCUT2D eigenvalue weighted by molar-refractivity contribution is 5.98. The normalized spacial score (nSPS) is 17.8. The molecule has 2 amide bonds. The largest absolute Gasteiger partial charge is 0.347 e. The first-order chi connectivity index (χ1) is 13.0. The zero-order valence-corrected chi connectivity index (χ0v) is 15.3. The summed E-state index contributed by atoms with van der Waals surface area (Å²) in [5.41, 5.74) is 8.66. The molecule has 8 nitrogen and oxygen atoms in total. The number of nitrogens with one attached hydrogen (secondary N) is 1. The molecule has 8 heteroatoms. The number of nitrogens with zero attached hydrogens (tertiary/aromatic N) is 3. The van der Waals surface area contributed by atoms with Crippen molar-refractivity contribution in [2.45, 2.75) is 44.6 Å². The van der Waals surface area contributed by atoms with Gasteiger partial charge < -0.3 is 20.5 Å². The van der Waals surface area contributed by atoms with Gasteiger partial charge in [-0.25, -0.2) is 0 Å². The van der Waals surface area contributed by atoms with Crippen molar-refractivity contribution in [3.63, 3.8) is 0 Å². The fourth-order valence-electron chi connectivity index (χ4n) is 3.86. The standard InChI is InChI=1S/C19H23N5O3/c1-12(25)21-11-16(26)24-9-6-13-10-14(4-5-15(13)24)17-22-18(23-27-17)19(20)7-2-3-8-19/h4-5,10H,2-3,6-9,11,20H2,1H3,(H,21,25). The average Bonchev–Trinajstić information content (AvgIpc) is 3.38. The summed E-state index contributed by atoms with van der Waals surface area (Å²) in [5, 5.41) is 6.66. The van der Waals surface area contributed by atoms with Crippen molar-refractivity contribution >= 4 is 17.5 Å². The first kappa shape index (κ1) is 17.7. The van der Waals surface area contributed by atoms with E-state index in [1.54, 1.807) is 4.90 Å². The lowest BCUT2D eigenvalue weighted by atomic mass is 9.98. The van der Waals surface area contributed by atoms with E-state index in [0.29, 0.717) is 18.3 Å². The fourth-order valence-corrected chi connectivity index (χ4v) is 3.86. The van der Waals surface area contributed by atoms with Gasteiger partial charge in [0.2, 0.25) is 11.8 Å². The Morgan fingerprint density at radius 1 is 1.33 bits per heavy atom. The molecular formula is C19H23N5O3. The van der Waals surface area contributed by atoms with Crippen LogP contribution in [0.3, 0.4) is 0 Å². The van der Waals surface area contributed by atoms with Crippen LogP contribution in [0.5, 0.6) is 0 Å². The van der Waals surface area contributed by atoms with Crippen molar-refractivity contribution in [3.05, 3.63) is 29.6 Å². The Kier molecular flexibility index (Phi) is 4.43. The first-order valence-electron chi connectivity index (χ1n) is 9.27. The van der Waals surface area contributed by atoms with E-state index in [9.17, 15) is 9.59 Å². The molecule has 2 aromatic rings. The molecule has 1 fully saturated rings. The number of hydrogen-bond donors (Lipinski definition) is 2. The van der Waals surface area contributed by atoms with Gasteiger partial charge in [-0.05, 0) is 43.0 Å². The van der Waals surface area contributed by atoms with Crippen LogP contribution in [0.15, 0.2) is 22.7 Å². The van der Waals surface area contributed by atoms with E-state index in [0.717, 1.165) is 48.9 Å². The molecule has 4 rings (SSSR count). The highest BCUT2D eigenvalue weighted by Crippen LogP contribution is 2.36. The minimum atomic E-state index is -0.481. The summed E-state index contributed by atoms with van der Waals surface area (Å²) in [5.74, 6) is 0.684. The summed E-state index contributed by atoms with van der Waals surface area (Å²) in [6.07, 6.45) is 4.67. The molecule has 1 saturated carbocycles. The summed E-state index contributed by atoms with van der Waals surface area (Å²) in [6.45, 7) is 1.99. The molecule has 1 aliphatic carbocycles. The van der Waals surface area contributed by atoms with E-state index in [-0.39, 0.29) is 18.4 Å². The van der Waals surface area contributed by atoms with Crippen molar-refractivity contribution in [2.24, 2.45) is 5.73 Å². The first-order valence-corrected chi connectivity index (χ1v) is 9.27. The lowest BCUT2D eigenvalue weighted by Crippen LogP contribution is -2.38. The molecular weight excluding hydrogens is 346 g/mol. The van der Waals surface area contributed by atoms with Crippen LogP contribution in [0.2, 0.25) is 0 Å². The second-order valence-electron chi connectivity index (χ2n) is 7.33. The van der Waals surface area contributed by atoms with Gasteiger partial charge in [0.25, 0.3) is 5.89 Å². The van der Waals surface area contributed by atoms with Gasteiger partial charge in [0, 0.05) is 24.7 Å². The smallest absolute Gasteiger partial charge is 0.258 e. The number of carbonyl (C=O) groups excluding carboxylic acids is 2. The van der Waals surface area contributed by atoms with Crippen molar-refractivity contribution in [2.75, 3.05) is 18.0 Å². The number of rotatable bonds is 4. The molecule has 0 unspecified atom stereocenters. The highest BCUT2D eigenvalue weighted by atomic mass is 16.5. The molecule has 142 valence electrons. The molecule has 3 N–H and O–H groups in total. The third kappa shape index (κ3) is 3.32. The number of benzene rings is 1. The Bertz CT molecular complexity index is 885. The monoisotopic (exact) mass is 369 g/mol. The molecule has 0 atom stereocenters. The van der Waals surface area contributed by atoms with Gasteiger partial charge in [-0.3, -0.25) is 9.59 Å². The summed E-state index contributed by atoms with van der Waals surface area (Å²) in [4.78, 5) is 29.6. The Balaban J connectivity index is 1.53. The van der Waals surface area contributed by atoms with Crippen molar-refractivity contribution < 1.29 is 14.1 Å². The van der Waals surface area contributed by atoms with Gasteiger partial charge in [0.05, 0.1) is 12.1 Å². The number of amides is 2. The lowest BCUT2D eigenvalue weighted by molar-refractivity contribution is -0.123. The highest BCUT2D eigenvalue weighted by Gasteiger charge is 2.36. The molecule has 1 aliphatic heterocycles. The molecule has 0 saturated heterocycles. The number of hydrogen-bond acceptors (Lipinski definition) is 6. The van der Waals surface area contributed by atoms with Crippen molar-refractivity contribution in [1.82, 2.24) is 15.5 Å². The number of fused-ring (bicyclic) bond motifs is 1. The summed E-state index contributed by atoms with van der Waals surface area (Å²) >= 11 is 0. The van der Waals surface area contributed by atoms with Crippen LogP contribution in [-0.2, 0) is 21.5 Å². The summed E-state index contributed by atoms with van der Waals surface area (Å²) in [6, 6.07) is 5.75. The number of nitrogens with two attached hydrogens (primary N) is 1. The zero-order chi connectivity index (χ0) is 19.0. The Labute approximate surface area is 157 Å². The van der Waals surface area contributed by atoms with Gasteiger partial charge in [0.1, 0.15) is 0 Å². The predicted molar refractivity (Wildman–Crippen MR) is 98.8 cm³/mol. The zero-order valence-electron chi connectivity index (χ0n) is 15.3. The Morgan fingerprint density at radius 2 is 2.11 bits per heavy atom. The van der Waals surface area contributed by atoms with Crippen LogP contribution in [0.4, 0.5) is 5.69 Å². The molecule has 2 heterocycles. The lowest BCUT2D eigenvalue weighted by Gasteiger charge is -2.18. The SMILES string of the molecule is CC(=O)NCC(=O)N1CCc2cc(-c3nc(C4(N)CCCC4)no3)ccc21. The van der Waals surface area contributed by atoms with Crippen molar-refractivity contribution in [1.29, 1.82) is 0 Å². The Hall–Kier alpha value is -2.74. The molecule has 27 heavy (non-hydrogen) atoms. The van der Waals surface area contributed by atoms with E-state index in [1.807, 2.05) is 18.2 Å². The third-order valence-electron chi connectivity index (χ3n) is 5.38. The molecule has 0 bridgehead atoms. The van der Waals surface area contributed by atoms with Crippen LogP contribution in [0, 0.1) is 0 Å². The quantitative estimate of drug-likeness (QED) is 0.844. The molecule has 0 radical (unpaired) electrons. The van der Waals surface area contributed by atoms with Crippen LogP contribution in [0.25, 0.3) is 11.5 Å². The van der Waals surface area contributed by atoms with E-state index in [4.69, 9.17) is 10.3 Å². The van der Waals surface area contributed by atoms with Gasteiger partial charge in [0.15, 0.2) is 5.82 Å². The maximum atomic E-state index is 12.3. The third-order valence-corrected chi connectivity index (χ3v) is 5.38. The minimum absolute atomic E-state index is 0.00211. The van der Waals surface area contributed by atoms with Gasteiger partial charge in [-0.1, -0.05) is 18.0 Å². The predicted octanol–water partition coefficient (Wildman–Crippen LogP) is 1.49. The number of aromatic nitrogens is 2. The van der Waals surface area contributed by atoms with Crippen LogP contribution >= 0.6 is 0 Å². The maximum Gasteiger partial charge on any atom is 0.258 e. The fraction of sp³-hybridized carbons (Fsp3) is 0.474. The minimum Gasteiger partial charge on any atom is -0.347 e. The van der Waals surface area contributed by atoms with Crippen LogP contribution < -0.4 is 16.0 Å². The van der Waals surface area contributed by atoms with E-state index in [1.165, 1.54) is 6.92 Å². The molecule has 1 aromatic heterocycles.